The van der Waals surface area contributed by atoms with E-state index in [1.165, 1.54) is 17.3 Å². The highest BCUT2D eigenvalue weighted by atomic mass is 32.2. The van der Waals surface area contributed by atoms with Crippen LogP contribution in [0.2, 0.25) is 0 Å². The van der Waals surface area contributed by atoms with Gasteiger partial charge in [-0.2, -0.15) is 0 Å². The van der Waals surface area contributed by atoms with Crippen molar-refractivity contribution in [3.05, 3.63) is 46.6 Å². The van der Waals surface area contributed by atoms with Crippen molar-refractivity contribution < 1.29 is 8.42 Å². The van der Waals surface area contributed by atoms with E-state index in [-0.39, 0.29) is 10.9 Å². The molecule has 0 spiro atoms. The van der Waals surface area contributed by atoms with Crippen molar-refractivity contribution in [3.63, 3.8) is 0 Å². The minimum Gasteiger partial charge on any atom is -0.363 e. The zero-order valence-corrected chi connectivity index (χ0v) is 15.2. The molecule has 0 saturated carbocycles. The Kier molecular flexibility index (Phi) is 4.29. The lowest BCUT2D eigenvalue weighted by Crippen LogP contribution is -2.14. The van der Waals surface area contributed by atoms with Crippen LogP contribution in [0.5, 0.6) is 0 Å². The van der Waals surface area contributed by atoms with E-state index in [9.17, 15) is 8.42 Å². The molecule has 0 aliphatic heterocycles. The summed E-state index contributed by atoms with van der Waals surface area (Å²) in [6.45, 7) is 6.06. The third-order valence-corrected chi connectivity index (χ3v) is 6.03. The predicted octanol–water partition coefficient (Wildman–Crippen LogP) is 3.13. The molecule has 8 heteroatoms. The molecule has 126 valence electrons. The molecule has 0 aliphatic rings. The highest BCUT2D eigenvalue weighted by molar-refractivity contribution is 7.89. The van der Waals surface area contributed by atoms with Crippen LogP contribution in [0, 0.1) is 13.8 Å². The maximum atomic E-state index is 11.5. The Bertz CT molecular complexity index is 1010. The number of nitrogens with two attached hydrogens (primary N) is 1. The fourth-order valence-electron chi connectivity index (χ4n) is 2.54. The van der Waals surface area contributed by atoms with E-state index in [1.54, 1.807) is 23.5 Å². The van der Waals surface area contributed by atoms with Crippen LogP contribution in [0.1, 0.15) is 29.0 Å². The molecular weight excluding hydrogens is 344 g/mol. The van der Waals surface area contributed by atoms with Crippen LogP contribution >= 0.6 is 11.3 Å². The minimum atomic E-state index is -3.72. The number of thiophene rings is 1. The fraction of sp³-hybridized carbons (Fsp3) is 0.250. The maximum absolute atomic E-state index is 11.5. The number of aromatic nitrogens is 2. The first-order valence-corrected chi connectivity index (χ1v) is 9.73. The number of fused-ring (bicyclic) bond motifs is 1. The van der Waals surface area contributed by atoms with Crippen LogP contribution in [0.3, 0.4) is 0 Å². The minimum absolute atomic E-state index is 0.101. The van der Waals surface area contributed by atoms with Gasteiger partial charge in [-0.3, -0.25) is 0 Å². The Morgan fingerprint density at radius 3 is 2.71 bits per heavy atom. The monoisotopic (exact) mass is 362 g/mol. The summed E-state index contributed by atoms with van der Waals surface area (Å²) < 4.78 is 23.1. The van der Waals surface area contributed by atoms with Gasteiger partial charge in [0.2, 0.25) is 10.0 Å². The molecule has 2 aromatic heterocycles. The third kappa shape index (κ3) is 3.12. The average molecular weight is 362 g/mol. The SMILES string of the molecule is Cc1sc2ncnc(N[C@@H](C)c3cccc(S(N)(=O)=O)c3)c2c1C. The van der Waals surface area contributed by atoms with Crippen molar-refractivity contribution in [1.29, 1.82) is 0 Å². The lowest BCUT2D eigenvalue weighted by Gasteiger charge is -2.16. The Labute approximate surface area is 144 Å². The second-order valence-electron chi connectivity index (χ2n) is 5.67. The molecule has 1 aromatic carbocycles. The van der Waals surface area contributed by atoms with Gasteiger partial charge in [0, 0.05) is 4.88 Å². The summed E-state index contributed by atoms with van der Waals surface area (Å²) in [6, 6.07) is 6.47. The summed E-state index contributed by atoms with van der Waals surface area (Å²) in [5.41, 5.74) is 1.97. The lowest BCUT2D eigenvalue weighted by atomic mass is 10.1. The second-order valence-corrected chi connectivity index (χ2v) is 8.43. The summed E-state index contributed by atoms with van der Waals surface area (Å²) in [5, 5.41) is 9.57. The molecule has 3 rings (SSSR count). The van der Waals surface area contributed by atoms with Crippen LogP contribution in [0.15, 0.2) is 35.5 Å². The van der Waals surface area contributed by atoms with Crippen molar-refractivity contribution in [2.45, 2.75) is 31.7 Å². The standard InChI is InChI=1S/C16H18N4O2S2/c1-9-11(3)23-16-14(9)15(18-8-19-16)20-10(2)12-5-4-6-13(7-12)24(17,21)22/h4-8,10H,1-3H3,(H2,17,21,22)(H,18,19,20)/t10-/m0/s1. The second kappa shape index (κ2) is 6.12. The van der Waals surface area contributed by atoms with E-state index in [0.717, 1.165) is 27.2 Å². The molecule has 2 heterocycles. The number of hydrogen-bond acceptors (Lipinski definition) is 6. The normalized spacial score (nSPS) is 13.2. The molecular formula is C16H18N4O2S2. The van der Waals surface area contributed by atoms with Crippen molar-refractivity contribution in [1.82, 2.24) is 9.97 Å². The first-order chi connectivity index (χ1) is 11.3. The van der Waals surface area contributed by atoms with E-state index in [2.05, 4.69) is 29.1 Å². The van der Waals surface area contributed by atoms with Gasteiger partial charge in [-0.25, -0.2) is 23.5 Å². The first kappa shape index (κ1) is 16.8. The predicted molar refractivity (Wildman–Crippen MR) is 96.7 cm³/mol. The van der Waals surface area contributed by atoms with Gasteiger partial charge < -0.3 is 5.32 Å². The van der Waals surface area contributed by atoms with Gasteiger partial charge >= 0.3 is 0 Å². The van der Waals surface area contributed by atoms with Gasteiger partial charge in [0.25, 0.3) is 0 Å². The molecule has 1 atom stereocenters. The Hall–Kier alpha value is -2.03. The van der Waals surface area contributed by atoms with E-state index >= 15 is 0 Å². The molecule has 0 radical (unpaired) electrons. The molecule has 3 aromatic rings. The molecule has 24 heavy (non-hydrogen) atoms. The van der Waals surface area contributed by atoms with Gasteiger partial charge in [-0.1, -0.05) is 12.1 Å². The van der Waals surface area contributed by atoms with E-state index in [1.807, 2.05) is 13.0 Å². The van der Waals surface area contributed by atoms with E-state index in [0.29, 0.717) is 0 Å². The number of nitrogens with zero attached hydrogens (tertiary/aromatic N) is 2. The van der Waals surface area contributed by atoms with E-state index < -0.39 is 10.0 Å². The molecule has 0 saturated heterocycles. The molecule has 0 unspecified atom stereocenters. The summed E-state index contributed by atoms with van der Waals surface area (Å²) in [6.07, 6.45) is 1.54. The number of hydrogen-bond donors (Lipinski definition) is 2. The fourth-order valence-corrected chi connectivity index (χ4v) is 4.11. The lowest BCUT2D eigenvalue weighted by molar-refractivity contribution is 0.597. The van der Waals surface area contributed by atoms with Crippen LogP contribution in [-0.4, -0.2) is 18.4 Å². The summed E-state index contributed by atoms with van der Waals surface area (Å²) >= 11 is 1.63. The number of aryl methyl sites for hydroxylation is 2. The van der Waals surface area contributed by atoms with Crippen molar-refractivity contribution in [2.75, 3.05) is 5.32 Å². The highest BCUT2D eigenvalue weighted by Crippen LogP contribution is 2.34. The van der Waals surface area contributed by atoms with Gasteiger partial charge in [0.05, 0.1) is 16.3 Å². The van der Waals surface area contributed by atoms with Crippen molar-refractivity contribution in [3.8, 4) is 0 Å². The number of rotatable bonds is 4. The molecule has 0 amide bonds. The Morgan fingerprint density at radius 2 is 2.00 bits per heavy atom. The summed E-state index contributed by atoms with van der Waals surface area (Å²) in [7, 11) is -3.72. The number of benzene rings is 1. The summed E-state index contributed by atoms with van der Waals surface area (Å²) in [5.74, 6) is 0.746. The number of primary sulfonamides is 1. The van der Waals surface area contributed by atoms with Crippen LogP contribution in [-0.2, 0) is 10.0 Å². The Balaban J connectivity index is 1.98. The highest BCUT2D eigenvalue weighted by Gasteiger charge is 2.16. The molecule has 6 nitrogen and oxygen atoms in total. The van der Waals surface area contributed by atoms with Crippen molar-refractivity contribution >= 4 is 37.4 Å². The number of anilines is 1. The topological polar surface area (TPSA) is 98.0 Å². The quantitative estimate of drug-likeness (QED) is 0.743. The smallest absolute Gasteiger partial charge is 0.238 e. The molecule has 3 N–H and O–H groups in total. The van der Waals surface area contributed by atoms with Crippen LogP contribution in [0.25, 0.3) is 10.2 Å². The summed E-state index contributed by atoms with van der Waals surface area (Å²) in [4.78, 5) is 10.9. The van der Waals surface area contributed by atoms with Crippen molar-refractivity contribution in [2.24, 2.45) is 5.14 Å². The molecule has 0 bridgehead atoms. The van der Waals surface area contributed by atoms with Gasteiger partial charge in [0.15, 0.2) is 0 Å². The average Bonchev–Trinajstić information content (AvgIpc) is 2.82. The zero-order valence-electron chi connectivity index (χ0n) is 13.6. The van der Waals surface area contributed by atoms with E-state index in [4.69, 9.17) is 5.14 Å². The van der Waals surface area contributed by atoms with Crippen LogP contribution < -0.4 is 10.5 Å². The first-order valence-electron chi connectivity index (χ1n) is 7.37. The molecule has 0 aliphatic carbocycles. The van der Waals surface area contributed by atoms with Gasteiger partial charge in [-0.05, 0) is 44.0 Å². The molecule has 0 fully saturated rings. The zero-order chi connectivity index (χ0) is 17.5. The number of nitrogens with one attached hydrogen (secondary N) is 1. The number of sulfonamides is 1. The Morgan fingerprint density at radius 1 is 1.25 bits per heavy atom. The maximum Gasteiger partial charge on any atom is 0.238 e. The third-order valence-electron chi connectivity index (χ3n) is 4.01. The van der Waals surface area contributed by atoms with Gasteiger partial charge in [-0.15, -0.1) is 11.3 Å². The van der Waals surface area contributed by atoms with Crippen LogP contribution in [0.4, 0.5) is 5.82 Å². The van der Waals surface area contributed by atoms with Gasteiger partial charge in [0.1, 0.15) is 17.0 Å². The largest absolute Gasteiger partial charge is 0.363 e.